The van der Waals surface area contributed by atoms with Crippen LogP contribution in [0.25, 0.3) is 10.2 Å². The first-order valence-corrected chi connectivity index (χ1v) is 7.87. The molecule has 0 aliphatic rings. The zero-order valence-corrected chi connectivity index (χ0v) is 12.8. The monoisotopic (exact) mass is 292 g/mol. The summed E-state index contributed by atoms with van der Waals surface area (Å²) in [6.07, 6.45) is 3.54. The number of nitrogens with one attached hydrogen (secondary N) is 1. The molecule has 2 rings (SSSR count). The molecular weight excluding hydrogens is 272 g/mol. The van der Waals surface area contributed by atoms with Crippen molar-refractivity contribution < 1.29 is 9.53 Å². The summed E-state index contributed by atoms with van der Waals surface area (Å²) in [6.45, 7) is 4.86. The summed E-state index contributed by atoms with van der Waals surface area (Å²) in [5.74, 6) is 0.881. The van der Waals surface area contributed by atoms with Gasteiger partial charge in [-0.25, -0.2) is 4.98 Å². The Balaban J connectivity index is 2.07. The van der Waals surface area contributed by atoms with Gasteiger partial charge in [-0.3, -0.25) is 4.79 Å². The quantitative estimate of drug-likeness (QED) is 0.778. The summed E-state index contributed by atoms with van der Waals surface area (Å²) in [5, 5.41) is 3.49. The Labute approximate surface area is 123 Å². The first-order chi connectivity index (χ1) is 9.72. The van der Waals surface area contributed by atoms with Gasteiger partial charge in [0, 0.05) is 6.42 Å². The van der Waals surface area contributed by atoms with Gasteiger partial charge in [0.2, 0.25) is 5.91 Å². The van der Waals surface area contributed by atoms with Crippen LogP contribution in [0.2, 0.25) is 0 Å². The fraction of sp³-hybridized carbons (Fsp3) is 0.467. The van der Waals surface area contributed by atoms with Gasteiger partial charge in [0.1, 0.15) is 5.75 Å². The van der Waals surface area contributed by atoms with Crippen LogP contribution in [0.5, 0.6) is 5.75 Å². The zero-order chi connectivity index (χ0) is 14.4. The third-order valence-corrected chi connectivity index (χ3v) is 3.78. The second-order valence-electron chi connectivity index (χ2n) is 4.65. The number of benzene rings is 1. The van der Waals surface area contributed by atoms with E-state index in [1.807, 2.05) is 25.1 Å². The predicted octanol–water partition coefficient (Wildman–Crippen LogP) is 4.21. The Morgan fingerprint density at radius 2 is 2.20 bits per heavy atom. The maximum absolute atomic E-state index is 11.6. The van der Waals surface area contributed by atoms with Crippen molar-refractivity contribution in [2.24, 2.45) is 0 Å². The van der Waals surface area contributed by atoms with Crippen molar-refractivity contribution >= 4 is 32.6 Å². The van der Waals surface area contributed by atoms with Gasteiger partial charge >= 0.3 is 0 Å². The van der Waals surface area contributed by atoms with Crippen LogP contribution in [0.1, 0.15) is 39.5 Å². The van der Waals surface area contributed by atoms with Gasteiger partial charge in [0.15, 0.2) is 5.13 Å². The van der Waals surface area contributed by atoms with E-state index in [1.165, 1.54) is 11.3 Å². The number of aromatic nitrogens is 1. The molecule has 108 valence electrons. The van der Waals surface area contributed by atoms with Crippen molar-refractivity contribution in [3.63, 3.8) is 0 Å². The summed E-state index contributed by atoms with van der Waals surface area (Å²) in [4.78, 5) is 16.0. The van der Waals surface area contributed by atoms with Gasteiger partial charge < -0.3 is 10.1 Å². The SMILES string of the molecule is CCCCOc1ccc2nc(NC(=O)CCC)sc2c1. The lowest BCUT2D eigenvalue weighted by molar-refractivity contribution is -0.116. The minimum Gasteiger partial charge on any atom is -0.494 e. The van der Waals surface area contributed by atoms with E-state index in [1.54, 1.807) is 0 Å². The van der Waals surface area contributed by atoms with Gasteiger partial charge in [0.25, 0.3) is 0 Å². The van der Waals surface area contributed by atoms with Crippen LogP contribution in [0.4, 0.5) is 5.13 Å². The van der Waals surface area contributed by atoms with E-state index in [9.17, 15) is 4.79 Å². The minimum absolute atomic E-state index is 0.0194. The molecular formula is C15H20N2O2S. The van der Waals surface area contributed by atoms with Crippen LogP contribution in [0, 0.1) is 0 Å². The van der Waals surface area contributed by atoms with E-state index < -0.39 is 0 Å². The van der Waals surface area contributed by atoms with Crippen LogP contribution in [0.15, 0.2) is 18.2 Å². The van der Waals surface area contributed by atoms with Gasteiger partial charge in [0.05, 0.1) is 16.8 Å². The Hall–Kier alpha value is -1.62. The molecule has 1 amide bonds. The first kappa shape index (κ1) is 14.8. The molecule has 4 nitrogen and oxygen atoms in total. The number of hydrogen-bond acceptors (Lipinski definition) is 4. The number of amides is 1. The maximum atomic E-state index is 11.6. The average Bonchev–Trinajstić information content (AvgIpc) is 2.80. The highest BCUT2D eigenvalue weighted by Crippen LogP contribution is 2.29. The highest BCUT2D eigenvalue weighted by atomic mass is 32.1. The number of carbonyl (C=O) groups excluding carboxylic acids is 1. The number of unbranched alkanes of at least 4 members (excludes halogenated alkanes) is 1. The van der Waals surface area contributed by atoms with E-state index >= 15 is 0 Å². The molecule has 0 saturated heterocycles. The highest BCUT2D eigenvalue weighted by molar-refractivity contribution is 7.22. The fourth-order valence-electron chi connectivity index (χ4n) is 1.79. The molecule has 0 aliphatic heterocycles. The van der Waals surface area contributed by atoms with Crippen molar-refractivity contribution in [2.45, 2.75) is 39.5 Å². The fourth-order valence-corrected chi connectivity index (χ4v) is 2.70. The topological polar surface area (TPSA) is 51.2 Å². The number of fused-ring (bicyclic) bond motifs is 1. The van der Waals surface area contributed by atoms with Crippen molar-refractivity contribution in [1.29, 1.82) is 0 Å². The van der Waals surface area contributed by atoms with Crippen LogP contribution in [0.3, 0.4) is 0 Å². The molecule has 20 heavy (non-hydrogen) atoms. The second-order valence-corrected chi connectivity index (χ2v) is 5.68. The number of ether oxygens (including phenoxy) is 1. The largest absolute Gasteiger partial charge is 0.494 e. The zero-order valence-electron chi connectivity index (χ0n) is 11.9. The summed E-state index contributed by atoms with van der Waals surface area (Å²) < 4.78 is 6.71. The number of nitrogens with zero attached hydrogens (tertiary/aromatic N) is 1. The van der Waals surface area contributed by atoms with Crippen molar-refractivity contribution in [3.8, 4) is 5.75 Å². The molecule has 0 saturated carbocycles. The second kappa shape index (κ2) is 7.24. The van der Waals surface area contributed by atoms with Crippen molar-refractivity contribution in [3.05, 3.63) is 18.2 Å². The van der Waals surface area contributed by atoms with Gasteiger partial charge in [-0.15, -0.1) is 0 Å². The first-order valence-electron chi connectivity index (χ1n) is 7.06. The maximum Gasteiger partial charge on any atom is 0.226 e. The molecule has 5 heteroatoms. The Kier molecular flexibility index (Phi) is 5.35. The van der Waals surface area contributed by atoms with Crippen LogP contribution in [-0.4, -0.2) is 17.5 Å². The van der Waals surface area contributed by atoms with Gasteiger partial charge in [-0.05, 0) is 31.0 Å². The summed E-state index contributed by atoms with van der Waals surface area (Å²) in [7, 11) is 0. The lowest BCUT2D eigenvalue weighted by Crippen LogP contribution is -2.09. The molecule has 2 aromatic rings. The molecule has 1 heterocycles. The Bertz CT molecular complexity index is 580. The molecule has 0 atom stereocenters. The number of thiazole rings is 1. The number of anilines is 1. The molecule has 1 aromatic carbocycles. The number of carbonyl (C=O) groups is 1. The van der Waals surface area contributed by atoms with E-state index in [0.717, 1.165) is 41.8 Å². The lowest BCUT2D eigenvalue weighted by Gasteiger charge is -2.04. The van der Waals surface area contributed by atoms with Crippen molar-refractivity contribution in [2.75, 3.05) is 11.9 Å². The minimum atomic E-state index is 0.0194. The normalized spacial score (nSPS) is 10.7. The average molecular weight is 292 g/mol. The molecule has 1 aromatic heterocycles. The molecule has 0 aliphatic carbocycles. The molecule has 0 unspecified atom stereocenters. The van der Waals surface area contributed by atoms with E-state index in [0.29, 0.717) is 11.6 Å². The number of rotatable bonds is 7. The molecule has 0 spiro atoms. The summed E-state index contributed by atoms with van der Waals surface area (Å²) >= 11 is 1.48. The van der Waals surface area contributed by atoms with E-state index in [2.05, 4.69) is 17.2 Å². The smallest absolute Gasteiger partial charge is 0.226 e. The van der Waals surface area contributed by atoms with E-state index in [4.69, 9.17) is 4.74 Å². The lowest BCUT2D eigenvalue weighted by atomic mass is 10.3. The molecule has 1 N–H and O–H groups in total. The molecule has 0 bridgehead atoms. The third kappa shape index (κ3) is 3.93. The van der Waals surface area contributed by atoms with Gasteiger partial charge in [-0.2, -0.15) is 0 Å². The van der Waals surface area contributed by atoms with Crippen LogP contribution < -0.4 is 10.1 Å². The summed E-state index contributed by atoms with van der Waals surface area (Å²) in [6, 6.07) is 5.84. The molecule has 0 fully saturated rings. The number of hydrogen-bond donors (Lipinski definition) is 1. The molecule has 0 radical (unpaired) electrons. The van der Waals surface area contributed by atoms with E-state index in [-0.39, 0.29) is 5.91 Å². The Morgan fingerprint density at radius 1 is 1.35 bits per heavy atom. The summed E-state index contributed by atoms with van der Waals surface area (Å²) in [5.41, 5.74) is 0.893. The van der Waals surface area contributed by atoms with Crippen LogP contribution in [-0.2, 0) is 4.79 Å². The Morgan fingerprint density at radius 3 is 2.95 bits per heavy atom. The third-order valence-electron chi connectivity index (χ3n) is 2.85. The van der Waals surface area contributed by atoms with Crippen molar-refractivity contribution in [1.82, 2.24) is 4.98 Å². The standard InChI is InChI=1S/C15H20N2O2S/c1-3-5-9-19-11-7-8-12-13(10-11)20-15(16-12)17-14(18)6-4-2/h7-8,10H,3-6,9H2,1-2H3,(H,16,17,18). The van der Waals surface area contributed by atoms with Crippen LogP contribution >= 0.6 is 11.3 Å². The van der Waals surface area contributed by atoms with Gasteiger partial charge in [-0.1, -0.05) is 31.6 Å². The predicted molar refractivity (Wildman–Crippen MR) is 83.6 cm³/mol. The highest BCUT2D eigenvalue weighted by Gasteiger charge is 2.08.